The summed E-state index contributed by atoms with van der Waals surface area (Å²) in [5.74, 6) is 0.894. The largest absolute Gasteiger partial charge is 0.375 e. The summed E-state index contributed by atoms with van der Waals surface area (Å²) in [6.45, 7) is 3.71. The number of nitrogens with one attached hydrogen (secondary N) is 1. The molecule has 7 heteroatoms. The molecule has 27 heavy (non-hydrogen) atoms. The molecule has 1 fully saturated rings. The van der Waals surface area contributed by atoms with Crippen molar-refractivity contribution >= 4 is 33.9 Å². The van der Waals surface area contributed by atoms with Crippen molar-refractivity contribution in [1.29, 1.82) is 0 Å². The fraction of sp³-hybridized carbons (Fsp3) is 0.300. The molecule has 2 heterocycles. The highest BCUT2D eigenvalue weighted by Crippen LogP contribution is 2.29. The molecule has 1 aliphatic rings. The van der Waals surface area contributed by atoms with Gasteiger partial charge in [-0.15, -0.1) is 10.2 Å². The lowest BCUT2D eigenvalue weighted by Gasteiger charge is -2.32. The Morgan fingerprint density at radius 3 is 2.67 bits per heavy atom. The molecule has 2 aromatic carbocycles. The van der Waals surface area contributed by atoms with Gasteiger partial charge in [-0.2, -0.15) is 0 Å². The first-order chi connectivity index (χ1) is 13.3. The van der Waals surface area contributed by atoms with E-state index in [4.69, 9.17) is 4.74 Å². The Hall–Kier alpha value is -1.93. The number of ether oxygens (including phenoxy) is 1. The summed E-state index contributed by atoms with van der Waals surface area (Å²) in [7, 11) is 0. The molecular weight excluding hydrogens is 376 g/mol. The Kier molecular flexibility index (Phi) is 6.36. The van der Waals surface area contributed by atoms with Crippen molar-refractivity contribution < 1.29 is 4.74 Å². The van der Waals surface area contributed by atoms with Crippen LogP contribution in [0.5, 0.6) is 0 Å². The lowest BCUT2D eigenvalue weighted by molar-refractivity contribution is -0.0187. The average Bonchev–Trinajstić information content (AvgIpc) is 3.16. The smallest absolute Gasteiger partial charge is 0.210 e. The summed E-state index contributed by atoms with van der Waals surface area (Å²) in [5.41, 5.74) is 2.38. The van der Waals surface area contributed by atoms with Crippen molar-refractivity contribution in [2.45, 2.75) is 17.0 Å². The third kappa shape index (κ3) is 5.52. The number of benzene rings is 2. The third-order valence-corrected chi connectivity index (χ3v) is 6.40. The van der Waals surface area contributed by atoms with Gasteiger partial charge in [-0.25, -0.2) is 0 Å². The van der Waals surface area contributed by atoms with Crippen molar-refractivity contribution in [2.24, 2.45) is 0 Å². The normalized spacial score (nSPS) is 17.7. The first kappa shape index (κ1) is 18.4. The van der Waals surface area contributed by atoms with E-state index in [0.717, 1.165) is 47.2 Å². The zero-order valence-electron chi connectivity index (χ0n) is 15.0. The highest BCUT2D eigenvalue weighted by Gasteiger charge is 2.21. The molecule has 1 aromatic heterocycles. The summed E-state index contributed by atoms with van der Waals surface area (Å²) in [4.78, 5) is 2.46. The Balaban J connectivity index is 1.26. The number of rotatable bonds is 7. The van der Waals surface area contributed by atoms with Gasteiger partial charge >= 0.3 is 0 Å². The van der Waals surface area contributed by atoms with E-state index in [-0.39, 0.29) is 6.10 Å². The molecule has 0 amide bonds. The van der Waals surface area contributed by atoms with Crippen LogP contribution >= 0.6 is 23.1 Å². The molecule has 1 N–H and O–H groups in total. The maximum Gasteiger partial charge on any atom is 0.210 e. The topological polar surface area (TPSA) is 50.3 Å². The van der Waals surface area contributed by atoms with E-state index < -0.39 is 0 Å². The van der Waals surface area contributed by atoms with Crippen LogP contribution in [0.2, 0.25) is 0 Å². The molecule has 1 saturated heterocycles. The molecule has 0 saturated carbocycles. The van der Waals surface area contributed by atoms with E-state index in [2.05, 4.69) is 50.7 Å². The molecule has 0 radical (unpaired) electrons. The van der Waals surface area contributed by atoms with Crippen molar-refractivity contribution in [1.82, 2.24) is 15.1 Å². The Morgan fingerprint density at radius 1 is 1.07 bits per heavy atom. The number of thioether (sulfide) groups is 1. The van der Waals surface area contributed by atoms with Crippen LogP contribution < -0.4 is 5.32 Å². The van der Waals surface area contributed by atoms with Gasteiger partial charge in [0.05, 0.1) is 12.7 Å². The highest BCUT2D eigenvalue weighted by molar-refractivity contribution is 8.01. The minimum Gasteiger partial charge on any atom is -0.375 e. The number of morpholine rings is 1. The standard InChI is InChI=1S/C20H22N4OS2/c1-3-7-16(8-4-1)13-24-11-12-25-18(14-24)15-26-20-23-22-19(27-20)21-17-9-5-2-6-10-17/h1-10,18H,11-15H2,(H,21,22)/t18-/m0/s1. The summed E-state index contributed by atoms with van der Waals surface area (Å²) in [6, 6.07) is 20.7. The molecular formula is C20H22N4OS2. The second-order valence-corrected chi connectivity index (χ2v) is 8.63. The third-order valence-electron chi connectivity index (χ3n) is 4.30. The van der Waals surface area contributed by atoms with Crippen LogP contribution in [-0.2, 0) is 11.3 Å². The predicted octanol–water partition coefficient (Wildman–Crippen LogP) is 4.27. The van der Waals surface area contributed by atoms with Gasteiger partial charge in [0.25, 0.3) is 0 Å². The zero-order chi connectivity index (χ0) is 18.3. The van der Waals surface area contributed by atoms with E-state index in [1.807, 2.05) is 30.3 Å². The van der Waals surface area contributed by atoms with Gasteiger partial charge < -0.3 is 10.1 Å². The second kappa shape index (κ2) is 9.32. The maximum atomic E-state index is 5.95. The number of para-hydroxylation sites is 1. The van der Waals surface area contributed by atoms with E-state index in [9.17, 15) is 0 Å². The molecule has 0 unspecified atom stereocenters. The summed E-state index contributed by atoms with van der Waals surface area (Å²) in [5, 5.41) is 12.6. The lowest BCUT2D eigenvalue weighted by Crippen LogP contribution is -2.43. The number of hydrogen-bond acceptors (Lipinski definition) is 7. The van der Waals surface area contributed by atoms with Crippen LogP contribution in [0.25, 0.3) is 0 Å². The van der Waals surface area contributed by atoms with E-state index in [1.54, 1.807) is 23.1 Å². The molecule has 5 nitrogen and oxygen atoms in total. The van der Waals surface area contributed by atoms with Crippen LogP contribution in [0.1, 0.15) is 5.56 Å². The molecule has 1 atom stereocenters. The number of anilines is 2. The van der Waals surface area contributed by atoms with Gasteiger partial charge in [0, 0.05) is 31.1 Å². The lowest BCUT2D eigenvalue weighted by atomic mass is 10.2. The minimum absolute atomic E-state index is 0.224. The Morgan fingerprint density at radius 2 is 1.85 bits per heavy atom. The van der Waals surface area contributed by atoms with Crippen LogP contribution in [0.4, 0.5) is 10.8 Å². The SMILES string of the molecule is c1ccc(CN2CCO[C@H](CSc3nnc(Nc4ccccc4)s3)C2)cc1. The van der Waals surface area contributed by atoms with Crippen molar-refractivity contribution in [3.8, 4) is 0 Å². The van der Waals surface area contributed by atoms with Gasteiger partial charge in [0.1, 0.15) is 0 Å². The quantitative estimate of drug-likeness (QED) is 0.600. The van der Waals surface area contributed by atoms with Crippen LogP contribution in [0.15, 0.2) is 65.0 Å². The maximum absolute atomic E-state index is 5.95. The summed E-state index contributed by atoms with van der Waals surface area (Å²) in [6.07, 6.45) is 0.224. The highest BCUT2D eigenvalue weighted by atomic mass is 32.2. The van der Waals surface area contributed by atoms with Crippen LogP contribution in [-0.4, -0.2) is 46.7 Å². The molecule has 0 aliphatic carbocycles. The molecule has 1 aliphatic heterocycles. The van der Waals surface area contributed by atoms with Crippen LogP contribution in [0, 0.1) is 0 Å². The van der Waals surface area contributed by atoms with Gasteiger partial charge in [0.2, 0.25) is 5.13 Å². The first-order valence-electron chi connectivity index (χ1n) is 9.01. The van der Waals surface area contributed by atoms with Crippen molar-refractivity contribution in [2.75, 3.05) is 30.8 Å². The molecule has 4 rings (SSSR count). The fourth-order valence-electron chi connectivity index (χ4n) is 2.99. The van der Waals surface area contributed by atoms with Gasteiger partial charge in [-0.3, -0.25) is 4.90 Å². The van der Waals surface area contributed by atoms with Crippen molar-refractivity contribution in [3.63, 3.8) is 0 Å². The van der Waals surface area contributed by atoms with Crippen LogP contribution in [0.3, 0.4) is 0 Å². The van der Waals surface area contributed by atoms with Gasteiger partial charge in [0.15, 0.2) is 4.34 Å². The second-order valence-electron chi connectivity index (χ2n) is 6.39. The molecule has 140 valence electrons. The van der Waals surface area contributed by atoms with E-state index >= 15 is 0 Å². The van der Waals surface area contributed by atoms with Gasteiger partial charge in [-0.05, 0) is 17.7 Å². The monoisotopic (exact) mass is 398 g/mol. The Labute approximate surface area is 167 Å². The molecule has 0 bridgehead atoms. The summed E-state index contributed by atoms with van der Waals surface area (Å²) < 4.78 is 6.92. The first-order valence-corrected chi connectivity index (χ1v) is 10.8. The number of nitrogens with zero attached hydrogens (tertiary/aromatic N) is 3. The Bertz CT molecular complexity index is 828. The molecule has 3 aromatic rings. The predicted molar refractivity (Wildman–Crippen MR) is 112 cm³/mol. The minimum atomic E-state index is 0.224. The van der Waals surface area contributed by atoms with Crippen molar-refractivity contribution in [3.05, 3.63) is 66.2 Å². The van der Waals surface area contributed by atoms with Gasteiger partial charge in [-0.1, -0.05) is 71.6 Å². The summed E-state index contributed by atoms with van der Waals surface area (Å²) >= 11 is 3.30. The average molecular weight is 399 g/mol. The molecule has 0 spiro atoms. The van der Waals surface area contributed by atoms with E-state index in [0.29, 0.717) is 0 Å². The fourth-order valence-corrected chi connectivity index (χ4v) is 4.80. The zero-order valence-corrected chi connectivity index (χ0v) is 16.6. The van der Waals surface area contributed by atoms with E-state index in [1.165, 1.54) is 5.56 Å². The number of hydrogen-bond donors (Lipinski definition) is 1. The number of aromatic nitrogens is 2.